The highest BCUT2D eigenvalue weighted by Gasteiger charge is 2.48. The zero-order chi connectivity index (χ0) is 21.9. The second-order valence-electron chi connectivity index (χ2n) is 11.0. The number of rotatable bonds is 7. The molecule has 174 valence electrons. The Labute approximate surface area is 182 Å². The van der Waals surface area contributed by atoms with E-state index in [2.05, 4.69) is 6.92 Å². The number of carbonyl (C=O) groups excluding carboxylic acids is 1. The maximum absolute atomic E-state index is 12.9. The van der Waals surface area contributed by atoms with Crippen LogP contribution in [-0.4, -0.2) is 47.7 Å². The summed E-state index contributed by atoms with van der Waals surface area (Å²) in [6.45, 7) is 9.15. The van der Waals surface area contributed by atoms with Crippen LogP contribution in [0.25, 0.3) is 0 Å². The second-order valence-corrected chi connectivity index (χ2v) is 11.0. The fourth-order valence-corrected chi connectivity index (χ4v) is 6.11. The Morgan fingerprint density at radius 3 is 2.57 bits per heavy atom. The van der Waals surface area contributed by atoms with Crippen molar-refractivity contribution in [2.75, 3.05) is 13.2 Å². The molecule has 30 heavy (non-hydrogen) atoms. The van der Waals surface area contributed by atoms with E-state index in [1.165, 1.54) is 12.8 Å². The molecule has 1 aliphatic heterocycles. The third-order valence-electron chi connectivity index (χ3n) is 8.51. The molecular weight excluding hydrogens is 380 g/mol. The van der Waals surface area contributed by atoms with Crippen LogP contribution in [-0.2, 0) is 14.3 Å². The molecule has 2 saturated carbocycles. The Morgan fingerprint density at radius 2 is 1.90 bits per heavy atom. The molecule has 1 heterocycles. The first-order valence-electron chi connectivity index (χ1n) is 12.4. The van der Waals surface area contributed by atoms with Crippen LogP contribution in [0.3, 0.4) is 0 Å². The third kappa shape index (κ3) is 5.58. The average molecular weight is 425 g/mol. The molecule has 2 aliphatic carbocycles. The number of aliphatic hydroxyl groups excluding tert-OH is 2. The van der Waals surface area contributed by atoms with Crippen molar-refractivity contribution in [3.8, 4) is 0 Å². The minimum absolute atomic E-state index is 0.0927. The predicted octanol–water partition coefficient (Wildman–Crippen LogP) is 4.34. The van der Waals surface area contributed by atoms with Crippen molar-refractivity contribution in [2.24, 2.45) is 35.0 Å². The molecule has 5 heteroatoms. The Kier molecular flexibility index (Phi) is 8.25. The minimum Gasteiger partial charge on any atom is -0.462 e. The number of fused-ring (bicyclic) bond motifs is 1. The van der Waals surface area contributed by atoms with Gasteiger partial charge in [0.05, 0.1) is 17.6 Å². The van der Waals surface area contributed by atoms with Gasteiger partial charge >= 0.3 is 5.97 Å². The van der Waals surface area contributed by atoms with E-state index in [1.54, 1.807) is 0 Å². The van der Waals surface area contributed by atoms with Gasteiger partial charge in [-0.1, -0.05) is 20.3 Å². The molecule has 1 saturated heterocycles. The molecule has 8 atom stereocenters. The molecule has 3 aliphatic rings. The first-order valence-corrected chi connectivity index (χ1v) is 12.4. The van der Waals surface area contributed by atoms with Crippen LogP contribution in [0, 0.1) is 35.0 Å². The predicted molar refractivity (Wildman–Crippen MR) is 117 cm³/mol. The molecule has 0 bridgehead atoms. The Morgan fingerprint density at radius 1 is 1.13 bits per heavy atom. The largest absolute Gasteiger partial charge is 0.462 e. The highest BCUT2D eigenvalue weighted by atomic mass is 16.5. The van der Waals surface area contributed by atoms with E-state index >= 15 is 0 Å². The van der Waals surface area contributed by atoms with Crippen LogP contribution >= 0.6 is 0 Å². The lowest BCUT2D eigenvalue weighted by Crippen LogP contribution is -2.49. The zero-order valence-corrected chi connectivity index (χ0v) is 19.5. The maximum Gasteiger partial charge on any atom is 0.311 e. The number of hydrogen-bond acceptors (Lipinski definition) is 5. The SMILES string of the molecule is CCC(C)(C)C(=O)O[C@H]1C[C@H](CO)C[C@@H]2CC[C@H](C)[C@H](CC[C@@H]3C[C@H](O)CCO3)[C@H]21. The van der Waals surface area contributed by atoms with Crippen LogP contribution in [0.15, 0.2) is 0 Å². The van der Waals surface area contributed by atoms with E-state index in [0.29, 0.717) is 30.3 Å². The summed E-state index contributed by atoms with van der Waals surface area (Å²) in [4.78, 5) is 12.9. The van der Waals surface area contributed by atoms with Gasteiger partial charge in [-0.2, -0.15) is 0 Å². The topological polar surface area (TPSA) is 76.0 Å². The van der Waals surface area contributed by atoms with Crippen molar-refractivity contribution in [3.63, 3.8) is 0 Å². The summed E-state index contributed by atoms with van der Waals surface area (Å²) in [6, 6.07) is 0. The molecule has 0 aromatic rings. The van der Waals surface area contributed by atoms with E-state index in [9.17, 15) is 15.0 Å². The molecule has 3 fully saturated rings. The van der Waals surface area contributed by atoms with Crippen LogP contribution < -0.4 is 0 Å². The van der Waals surface area contributed by atoms with Crippen molar-refractivity contribution in [3.05, 3.63) is 0 Å². The quantitative estimate of drug-likeness (QED) is 0.595. The number of ether oxygens (including phenoxy) is 2. The van der Waals surface area contributed by atoms with Crippen LogP contribution in [0.4, 0.5) is 0 Å². The molecule has 0 unspecified atom stereocenters. The van der Waals surface area contributed by atoms with Gasteiger partial charge in [0.2, 0.25) is 0 Å². The zero-order valence-electron chi connectivity index (χ0n) is 19.5. The number of esters is 1. The molecule has 0 amide bonds. The molecule has 0 spiro atoms. The summed E-state index contributed by atoms with van der Waals surface area (Å²) in [6.07, 6.45) is 8.32. The third-order valence-corrected chi connectivity index (χ3v) is 8.51. The normalized spacial score (nSPS) is 39.9. The van der Waals surface area contributed by atoms with E-state index in [-0.39, 0.29) is 36.8 Å². The lowest BCUT2D eigenvalue weighted by atomic mass is 9.58. The molecule has 3 rings (SSSR count). The van der Waals surface area contributed by atoms with Crippen molar-refractivity contribution in [2.45, 2.75) is 104 Å². The smallest absolute Gasteiger partial charge is 0.311 e. The van der Waals surface area contributed by atoms with E-state index in [4.69, 9.17) is 9.47 Å². The number of carbonyl (C=O) groups is 1. The van der Waals surface area contributed by atoms with Crippen molar-refractivity contribution in [1.82, 2.24) is 0 Å². The van der Waals surface area contributed by atoms with Gasteiger partial charge in [0.15, 0.2) is 0 Å². The van der Waals surface area contributed by atoms with Crippen LogP contribution in [0.5, 0.6) is 0 Å². The molecular formula is C25H44O5. The standard InChI is InChI=1S/C25H44O5/c1-5-25(3,4)24(28)30-22-13-17(15-26)12-18-7-6-16(2)21(23(18)22)9-8-20-14-19(27)10-11-29-20/h16-23,26-27H,5-15H2,1-4H3/t16-,17+,18-,19+,20+,21-,22-,23-/m0/s1. The first-order chi connectivity index (χ1) is 14.2. The van der Waals surface area contributed by atoms with Crippen molar-refractivity contribution in [1.29, 1.82) is 0 Å². The van der Waals surface area contributed by atoms with Gasteiger partial charge < -0.3 is 19.7 Å². The van der Waals surface area contributed by atoms with Crippen molar-refractivity contribution >= 4 is 5.97 Å². The minimum atomic E-state index is -0.469. The average Bonchev–Trinajstić information content (AvgIpc) is 2.72. The fraction of sp³-hybridized carbons (Fsp3) is 0.960. The van der Waals surface area contributed by atoms with Gasteiger partial charge in [0, 0.05) is 19.1 Å². The van der Waals surface area contributed by atoms with Gasteiger partial charge in [-0.05, 0) is 88.9 Å². The molecule has 5 nitrogen and oxygen atoms in total. The van der Waals surface area contributed by atoms with Gasteiger partial charge in [0.1, 0.15) is 6.10 Å². The molecule has 2 N–H and O–H groups in total. The van der Waals surface area contributed by atoms with E-state index < -0.39 is 5.41 Å². The second kappa shape index (κ2) is 10.3. The van der Waals surface area contributed by atoms with Gasteiger partial charge in [-0.15, -0.1) is 0 Å². The van der Waals surface area contributed by atoms with E-state index in [1.807, 2.05) is 20.8 Å². The lowest BCUT2D eigenvalue weighted by Gasteiger charge is -2.50. The Balaban J connectivity index is 1.73. The summed E-state index contributed by atoms with van der Waals surface area (Å²) in [7, 11) is 0. The molecule has 0 aromatic heterocycles. The monoisotopic (exact) mass is 424 g/mol. The van der Waals surface area contributed by atoms with Crippen LogP contribution in [0.1, 0.15) is 85.5 Å². The van der Waals surface area contributed by atoms with Gasteiger partial charge in [0.25, 0.3) is 0 Å². The fourth-order valence-electron chi connectivity index (χ4n) is 6.11. The number of hydrogen-bond donors (Lipinski definition) is 2. The number of aliphatic hydroxyl groups is 2. The van der Waals surface area contributed by atoms with Gasteiger partial charge in [-0.3, -0.25) is 4.79 Å². The van der Waals surface area contributed by atoms with Crippen molar-refractivity contribution < 1.29 is 24.5 Å². The summed E-state index contributed by atoms with van der Waals surface area (Å²) in [5, 5.41) is 19.9. The Hall–Kier alpha value is -0.650. The highest BCUT2D eigenvalue weighted by Crippen LogP contribution is 2.51. The molecule has 0 radical (unpaired) electrons. The first kappa shape index (κ1) is 24.0. The summed E-state index contributed by atoms with van der Waals surface area (Å²) in [5.74, 6) is 2.15. The summed E-state index contributed by atoms with van der Waals surface area (Å²) in [5.41, 5.74) is -0.469. The Bertz CT molecular complexity index is 562. The van der Waals surface area contributed by atoms with Gasteiger partial charge in [-0.25, -0.2) is 0 Å². The van der Waals surface area contributed by atoms with Crippen LogP contribution in [0.2, 0.25) is 0 Å². The molecule has 0 aromatic carbocycles. The lowest BCUT2D eigenvalue weighted by molar-refractivity contribution is -0.174. The van der Waals surface area contributed by atoms with E-state index in [0.717, 1.165) is 44.9 Å². The maximum atomic E-state index is 12.9. The summed E-state index contributed by atoms with van der Waals surface area (Å²) < 4.78 is 12.1. The summed E-state index contributed by atoms with van der Waals surface area (Å²) >= 11 is 0. The highest BCUT2D eigenvalue weighted by molar-refractivity contribution is 5.76.